The van der Waals surface area contributed by atoms with Crippen molar-refractivity contribution >= 4 is 43.4 Å². The Morgan fingerprint density at radius 1 is 1.36 bits per heavy atom. The molecule has 0 amide bonds. The van der Waals surface area contributed by atoms with E-state index in [0.717, 1.165) is 18.2 Å². The van der Waals surface area contributed by atoms with Gasteiger partial charge in [0, 0.05) is 11.5 Å². The van der Waals surface area contributed by atoms with Crippen LogP contribution < -0.4 is 0 Å². The molecule has 1 aromatic carbocycles. The minimum atomic E-state index is -0.562. The topological polar surface area (TPSA) is 67.5 Å². The molecule has 1 aliphatic carbocycles. The molecule has 4 rings (SSSR count). The van der Waals surface area contributed by atoms with E-state index >= 15 is 0 Å². The van der Waals surface area contributed by atoms with E-state index < -0.39 is 5.82 Å². The normalized spacial score (nSPS) is 16.4. The van der Waals surface area contributed by atoms with Crippen LogP contribution in [0.5, 0.6) is 5.75 Å². The van der Waals surface area contributed by atoms with Crippen molar-refractivity contribution in [3.05, 3.63) is 68.4 Å². The predicted molar refractivity (Wildman–Crippen MR) is 96.4 cm³/mol. The van der Waals surface area contributed by atoms with E-state index in [1.54, 1.807) is 0 Å². The van der Waals surface area contributed by atoms with Crippen molar-refractivity contribution in [2.24, 2.45) is 0 Å². The number of phenols is 1. The molecule has 1 aliphatic rings. The predicted octanol–water partition coefficient (Wildman–Crippen LogP) is 4.37. The van der Waals surface area contributed by atoms with Crippen molar-refractivity contribution in [3.8, 4) is 5.75 Å². The Kier molecular flexibility index (Phi) is 3.77. The quantitative estimate of drug-likeness (QED) is 0.459. The summed E-state index contributed by atoms with van der Waals surface area (Å²) in [5, 5.41) is 9.85. The van der Waals surface area contributed by atoms with Gasteiger partial charge < -0.3 is 5.11 Å². The highest BCUT2D eigenvalue weighted by molar-refractivity contribution is 9.11. The molecular weight excluding hydrogens is 457 g/mol. The molecule has 1 saturated carbocycles. The zero-order valence-electron chi connectivity index (χ0n) is 12.6. The number of fused-ring (bicyclic) bond motifs is 1. The van der Waals surface area contributed by atoms with Crippen molar-refractivity contribution in [1.29, 1.82) is 0 Å². The van der Waals surface area contributed by atoms with Crippen LogP contribution in [-0.4, -0.2) is 25.3 Å². The Balaban J connectivity index is 1.94. The van der Waals surface area contributed by atoms with Gasteiger partial charge in [-0.05, 0) is 50.4 Å². The summed E-state index contributed by atoms with van der Waals surface area (Å²) in [5.41, 5.74) is 2.12. The van der Waals surface area contributed by atoms with Crippen LogP contribution in [-0.2, 0) is 0 Å². The highest BCUT2D eigenvalue weighted by Crippen LogP contribution is 2.46. The van der Waals surface area contributed by atoms with Crippen molar-refractivity contribution in [3.63, 3.8) is 0 Å². The number of aromatic nitrogens is 3. The Morgan fingerprint density at radius 3 is 2.60 bits per heavy atom. The first kappa shape index (κ1) is 16.4. The molecule has 8 heteroatoms. The number of benzene rings is 1. The first-order valence-electron chi connectivity index (χ1n) is 7.30. The van der Waals surface area contributed by atoms with E-state index in [9.17, 15) is 14.3 Å². The molecule has 0 bridgehead atoms. The number of halogens is 3. The lowest BCUT2D eigenvalue weighted by Gasteiger charge is -2.07. The first-order chi connectivity index (χ1) is 11.9. The molecule has 5 nitrogen and oxygen atoms in total. The van der Waals surface area contributed by atoms with Gasteiger partial charge in [-0.2, -0.15) is 0 Å². The van der Waals surface area contributed by atoms with E-state index in [1.807, 2.05) is 0 Å². The van der Waals surface area contributed by atoms with Crippen molar-refractivity contribution in [2.75, 3.05) is 0 Å². The number of imidazole rings is 1. The molecule has 0 spiro atoms. The molecule has 126 valence electrons. The van der Waals surface area contributed by atoms with Gasteiger partial charge in [-0.3, -0.25) is 9.20 Å². The third kappa shape index (κ3) is 2.69. The van der Waals surface area contributed by atoms with Crippen molar-refractivity contribution in [1.82, 2.24) is 14.4 Å². The third-order valence-electron chi connectivity index (χ3n) is 4.10. The van der Waals surface area contributed by atoms with Crippen LogP contribution in [0.3, 0.4) is 0 Å². The number of ketones is 1. The van der Waals surface area contributed by atoms with Gasteiger partial charge in [-0.15, -0.1) is 0 Å². The molecule has 0 saturated heterocycles. The highest BCUT2D eigenvalue weighted by Gasteiger charge is 2.37. The van der Waals surface area contributed by atoms with Crippen LogP contribution in [0.15, 0.2) is 45.6 Å². The monoisotopic (exact) mass is 465 g/mol. The Labute approximate surface area is 158 Å². The minimum Gasteiger partial charge on any atom is -0.506 e. The minimum absolute atomic E-state index is 0.00167. The summed E-state index contributed by atoms with van der Waals surface area (Å²) in [4.78, 5) is 21.5. The van der Waals surface area contributed by atoms with Crippen LogP contribution in [0.25, 0.3) is 5.78 Å². The average molecular weight is 467 g/mol. The second-order valence-electron chi connectivity index (χ2n) is 5.82. The maximum atomic E-state index is 13.7. The summed E-state index contributed by atoms with van der Waals surface area (Å²) in [6, 6.07) is 3.03. The third-order valence-corrected chi connectivity index (χ3v) is 5.31. The standard InChI is InChI=1S/C17H10Br2FN3O2/c1-7-2-10(7)13-14(23-6-9(20)5-21-17(23)22-13)15(24)8-3-11(18)16(25)12(19)4-8/h3-6,10,25H,1-2H2/t10-/m0/s1. The van der Waals surface area contributed by atoms with Crippen LogP contribution in [0.2, 0.25) is 0 Å². The molecule has 0 radical (unpaired) electrons. The molecule has 3 aromatic rings. The molecule has 0 aliphatic heterocycles. The van der Waals surface area contributed by atoms with Crippen LogP contribution in [0, 0.1) is 5.82 Å². The second kappa shape index (κ2) is 5.74. The number of allylic oxidation sites excluding steroid dienone is 1. The number of nitrogens with zero attached hydrogens (tertiary/aromatic N) is 3. The Bertz CT molecular complexity index is 1050. The average Bonchev–Trinajstić information content (AvgIpc) is 3.17. The van der Waals surface area contributed by atoms with E-state index in [1.165, 1.54) is 22.7 Å². The fraction of sp³-hybridized carbons (Fsp3) is 0.118. The number of rotatable bonds is 3. The summed E-state index contributed by atoms with van der Waals surface area (Å²) >= 11 is 6.44. The number of aromatic hydroxyl groups is 1. The van der Waals surface area contributed by atoms with Crippen molar-refractivity contribution < 1.29 is 14.3 Å². The number of hydrogen-bond acceptors (Lipinski definition) is 4. The van der Waals surface area contributed by atoms with Crippen LogP contribution in [0.4, 0.5) is 4.39 Å². The second-order valence-corrected chi connectivity index (χ2v) is 7.53. The Morgan fingerprint density at radius 2 is 2.00 bits per heavy atom. The molecule has 1 fully saturated rings. The number of phenolic OH excluding ortho intramolecular Hbond substituents is 1. The zero-order chi connectivity index (χ0) is 17.9. The van der Waals surface area contributed by atoms with Gasteiger partial charge in [0.15, 0.2) is 5.82 Å². The van der Waals surface area contributed by atoms with Crippen LogP contribution >= 0.6 is 31.9 Å². The lowest BCUT2D eigenvalue weighted by Crippen LogP contribution is -2.09. The smallest absolute Gasteiger partial charge is 0.234 e. The van der Waals surface area contributed by atoms with E-state index in [4.69, 9.17) is 0 Å². The molecule has 25 heavy (non-hydrogen) atoms. The largest absolute Gasteiger partial charge is 0.506 e. The van der Waals surface area contributed by atoms with Crippen LogP contribution in [0.1, 0.15) is 34.1 Å². The van der Waals surface area contributed by atoms with Gasteiger partial charge in [-0.1, -0.05) is 12.2 Å². The van der Waals surface area contributed by atoms with Crippen molar-refractivity contribution in [2.45, 2.75) is 12.3 Å². The fourth-order valence-electron chi connectivity index (χ4n) is 2.72. The molecule has 0 unspecified atom stereocenters. The molecular formula is C17H10Br2FN3O2. The molecule has 2 aromatic heterocycles. The van der Waals surface area contributed by atoms with E-state index in [-0.39, 0.29) is 28.9 Å². The number of hydrogen-bond donors (Lipinski definition) is 1. The lowest BCUT2D eigenvalue weighted by molar-refractivity contribution is 0.103. The SMILES string of the molecule is C=C1C[C@@H]1c1nc2ncc(F)cn2c1C(=O)c1cc(Br)c(O)c(Br)c1. The van der Waals surface area contributed by atoms with Gasteiger partial charge in [0.05, 0.1) is 27.0 Å². The maximum absolute atomic E-state index is 13.7. The van der Waals surface area contributed by atoms with Gasteiger partial charge in [0.25, 0.3) is 0 Å². The first-order valence-corrected chi connectivity index (χ1v) is 8.89. The summed E-state index contributed by atoms with van der Waals surface area (Å²) in [5.74, 6) is -0.661. The zero-order valence-corrected chi connectivity index (χ0v) is 15.8. The molecule has 2 heterocycles. The van der Waals surface area contributed by atoms with Gasteiger partial charge in [0.2, 0.25) is 11.6 Å². The van der Waals surface area contributed by atoms with Gasteiger partial charge in [0.1, 0.15) is 11.4 Å². The fourth-order valence-corrected chi connectivity index (χ4v) is 3.91. The summed E-state index contributed by atoms with van der Waals surface area (Å²) in [7, 11) is 0. The number of carbonyl (C=O) groups excluding carboxylic acids is 1. The van der Waals surface area contributed by atoms with Gasteiger partial charge >= 0.3 is 0 Å². The number of carbonyl (C=O) groups is 1. The lowest BCUT2D eigenvalue weighted by atomic mass is 10.0. The Hall–Kier alpha value is -2.06. The van der Waals surface area contributed by atoms with Gasteiger partial charge in [-0.25, -0.2) is 14.4 Å². The highest BCUT2D eigenvalue weighted by atomic mass is 79.9. The summed E-state index contributed by atoms with van der Waals surface area (Å²) < 4.78 is 15.8. The molecule has 1 atom stereocenters. The van der Waals surface area contributed by atoms with E-state index in [2.05, 4.69) is 48.4 Å². The summed E-state index contributed by atoms with van der Waals surface area (Å²) in [6.07, 6.45) is 3.01. The molecule has 1 N–H and O–H groups in total. The maximum Gasteiger partial charge on any atom is 0.234 e. The summed E-state index contributed by atoms with van der Waals surface area (Å²) in [6.45, 7) is 3.92. The van der Waals surface area contributed by atoms with E-state index in [0.29, 0.717) is 20.2 Å².